The number of nitrogens with two attached hydrogens (primary N) is 1. The summed E-state index contributed by atoms with van der Waals surface area (Å²) < 4.78 is 0. The van der Waals surface area contributed by atoms with Gasteiger partial charge in [0.05, 0.1) is 10.9 Å². The fraction of sp³-hybridized carbons (Fsp3) is 0.556. The molecule has 0 fully saturated rings. The van der Waals surface area contributed by atoms with E-state index in [2.05, 4.69) is 20.5 Å². The molecule has 4 N–H and O–H groups in total. The molecule has 0 bridgehead atoms. The van der Waals surface area contributed by atoms with Gasteiger partial charge in [0, 0.05) is 13.0 Å². The summed E-state index contributed by atoms with van der Waals surface area (Å²) >= 11 is 4.73. The summed E-state index contributed by atoms with van der Waals surface area (Å²) in [5.74, 6) is 0.266. The van der Waals surface area contributed by atoms with Crippen LogP contribution in [0.3, 0.4) is 0 Å². The maximum Gasteiger partial charge on any atom is 0.229 e. The lowest BCUT2D eigenvalue weighted by Gasteiger charge is -2.09. The largest absolute Gasteiger partial charge is 0.393 e. The van der Waals surface area contributed by atoms with Crippen LogP contribution in [0.4, 0.5) is 0 Å². The number of carbonyl (C=O) groups is 1. The number of amides is 1. The Kier molecular flexibility index (Phi) is 4.84. The van der Waals surface area contributed by atoms with Gasteiger partial charge in [-0.25, -0.2) is 4.98 Å². The smallest absolute Gasteiger partial charge is 0.229 e. The molecule has 1 unspecified atom stereocenters. The van der Waals surface area contributed by atoms with Crippen LogP contribution in [0, 0.1) is 5.92 Å². The Hall–Kier alpha value is -1.50. The van der Waals surface area contributed by atoms with Crippen molar-refractivity contribution in [1.82, 2.24) is 20.5 Å². The molecule has 6 nitrogen and oxygen atoms in total. The minimum atomic E-state index is -0.416. The van der Waals surface area contributed by atoms with Crippen molar-refractivity contribution in [2.45, 2.75) is 19.8 Å². The Morgan fingerprint density at radius 3 is 3.06 bits per heavy atom. The molecule has 88 valence electrons. The highest BCUT2D eigenvalue weighted by Crippen LogP contribution is 1.96. The normalized spacial score (nSPS) is 12.1. The first-order valence-electron chi connectivity index (χ1n) is 5.02. The zero-order chi connectivity index (χ0) is 12.0. The van der Waals surface area contributed by atoms with E-state index in [4.69, 9.17) is 18.0 Å². The van der Waals surface area contributed by atoms with E-state index in [0.29, 0.717) is 6.54 Å². The highest BCUT2D eigenvalue weighted by Gasteiger charge is 2.14. The quantitative estimate of drug-likeness (QED) is 0.472. The molecule has 0 spiro atoms. The van der Waals surface area contributed by atoms with Gasteiger partial charge in [-0.15, -0.1) is 0 Å². The molecule has 7 heteroatoms. The maximum absolute atomic E-state index is 11.4. The number of hydrogen-bond donors (Lipinski definition) is 3. The van der Waals surface area contributed by atoms with Crippen LogP contribution in [-0.2, 0) is 11.2 Å². The van der Waals surface area contributed by atoms with E-state index in [9.17, 15) is 4.79 Å². The van der Waals surface area contributed by atoms with E-state index in [1.165, 1.54) is 6.33 Å². The number of aromatic nitrogens is 3. The molecular formula is C9H15N5OS. The number of thiocarbonyl (C=S) groups is 1. The summed E-state index contributed by atoms with van der Waals surface area (Å²) in [6.07, 6.45) is 3.01. The van der Waals surface area contributed by atoms with Crippen molar-refractivity contribution < 1.29 is 4.79 Å². The van der Waals surface area contributed by atoms with Gasteiger partial charge in [-0.1, -0.05) is 12.2 Å². The molecule has 0 aliphatic carbocycles. The number of nitrogens with one attached hydrogen (secondary N) is 2. The Morgan fingerprint density at radius 2 is 2.50 bits per heavy atom. The minimum absolute atomic E-state index is 0.134. The highest BCUT2D eigenvalue weighted by molar-refractivity contribution is 7.80. The SMILES string of the molecule is CC(C(=O)NCCCc1ncn[nH]1)C(N)=S. The number of nitrogens with zero attached hydrogens (tertiary/aromatic N) is 2. The van der Waals surface area contributed by atoms with Crippen molar-refractivity contribution >= 4 is 23.1 Å². The van der Waals surface area contributed by atoms with Crippen LogP contribution in [-0.4, -0.2) is 32.6 Å². The zero-order valence-electron chi connectivity index (χ0n) is 9.06. The summed E-state index contributed by atoms with van der Waals surface area (Å²) in [6, 6.07) is 0. The van der Waals surface area contributed by atoms with E-state index in [1.54, 1.807) is 6.92 Å². The zero-order valence-corrected chi connectivity index (χ0v) is 9.88. The number of carbonyl (C=O) groups excluding carboxylic acids is 1. The first kappa shape index (κ1) is 12.6. The Balaban J connectivity index is 2.16. The van der Waals surface area contributed by atoms with Gasteiger partial charge in [0.1, 0.15) is 12.2 Å². The van der Waals surface area contributed by atoms with Gasteiger partial charge < -0.3 is 11.1 Å². The van der Waals surface area contributed by atoms with E-state index in [0.717, 1.165) is 18.7 Å². The first-order chi connectivity index (χ1) is 7.61. The van der Waals surface area contributed by atoms with Crippen LogP contribution >= 0.6 is 12.2 Å². The summed E-state index contributed by atoms with van der Waals surface area (Å²) in [6.45, 7) is 2.26. The Bertz CT molecular complexity index is 351. The molecule has 1 aromatic rings. The fourth-order valence-electron chi connectivity index (χ4n) is 1.10. The van der Waals surface area contributed by atoms with Gasteiger partial charge in [-0.3, -0.25) is 9.89 Å². The third-order valence-electron chi connectivity index (χ3n) is 2.17. The second kappa shape index (κ2) is 6.16. The van der Waals surface area contributed by atoms with Gasteiger partial charge in [0.2, 0.25) is 5.91 Å². The predicted octanol–water partition coefficient (Wildman–Crippen LogP) is -0.224. The monoisotopic (exact) mass is 241 g/mol. The molecule has 1 atom stereocenters. The molecule has 0 radical (unpaired) electrons. The van der Waals surface area contributed by atoms with E-state index >= 15 is 0 Å². The summed E-state index contributed by atoms with van der Waals surface area (Å²) in [5.41, 5.74) is 5.37. The predicted molar refractivity (Wildman–Crippen MR) is 63.7 cm³/mol. The van der Waals surface area contributed by atoms with E-state index < -0.39 is 5.92 Å². The minimum Gasteiger partial charge on any atom is -0.393 e. The second-order valence-electron chi connectivity index (χ2n) is 3.45. The van der Waals surface area contributed by atoms with E-state index in [-0.39, 0.29) is 10.9 Å². The van der Waals surface area contributed by atoms with Gasteiger partial charge in [0.25, 0.3) is 0 Å². The van der Waals surface area contributed by atoms with Gasteiger partial charge in [0.15, 0.2) is 0 Å². The topological polar surface area (TPSA) is 96.7 Å². The van der Waals surface area contributed by atoms with Crippen LogP contribution in [0.15, 0.2) is 6.33 Å². The Morgan fingerprint density at radius 1 is 1.75 bits per heavy atom. The molecule has 1 heterocycles. The number of rotatable bonds is 6. The summed E-state index contributed by atoms with van der Waals surface area (Å²) in [4.78, 5) is 15.6. The lowest BCUT2D eigenvalue weighted by atomic mass is 10.1. The highest BCUT2D eigenvalue weighted by atomic mass is 32.1. The molecule has 0 aliphatic rings. The molecule has 0 saturated carbocycles. The van der Waals surface area contributed by atoms with Crippen molar-refractivity contribution in [3.63, 3.8) is 0 Å². The maximum atomic E-state index is 11.4. The summed E-state index contributed by atoms with van der Waals surface area (Å²) in [7, 11) is 0. The standard InChI is InChI=1S/C9H15N5OS/c1-6(8(10)16)9(15)11-4-2-3-7-12-5-13-14-7/h5-6H,2-4H2,1H3,(H2,10,16)(H,11,15)(H,12,13,14). The van der Waals surface area contributed by atoms with Crippen molar-refractivity contribution in [3.8, 4) is 0 Å². The number of aryl methyl sites for hydroxylation is 1. The molecule has 16 heavy (non-hydrogen) atoms. The molecule has 0 saturated heterocycles. The van der Waals surface area contributed by atoms with Crippen LogP contribution in [0.1, 0.15) is 19.2 Å². The molecule has 1 aromatic heterocycles. The number of hydrogen-bond acceptors (Lipinski definition) is 4. The van der Waals surface area contributed by atoms with Crippen molar-refractivity contribution in [1.29, 1.82) is 0 Å². The Labute approximate surface area is 99.0 Å². The van der Waals surface area contributed by atoms with Gasteiger partial charge >= 0.3 is 0 Å². The van der Waals surface area contributed by atoms with Crippen molar-refractivity contribution in [2.24, 2.45) is 11.7 Å². The van der Waals surface area contributed by atoms with Gasteiger partial charge in [-0.2, -0.15) is 5.10 Å². The average molecular weight is 241 g/mol. The average Bonchev–Trinajstić information content (AvgIpc) is 2.75. The third kappa shape index (κ3) is 3.93. The molecular weight excluding hydrogens is 226 g/mol. The first-order valence-corrected chi connectivity index (χ1v) is 5.43. The van der Waals surface area contributed by atoms with Crippen LogP contribution in [0.25, 0.3) is 0 Å². The van der Waals surface area contributed by atoms with Crippen LogP contribution in [0.5, 0.6) is 0 Å². The number of aromatic amines is 1. The van der Waals surface area contributed by atoms with Gasteiger partial charge in [-0.05, 0) is 13.3 Å². The lowest BCUT2D eigenvalue weighted by Crippen LogP contribution is -2.36. The number of H-pyrrole nitrogens is 1. The molecule has 1 rings (SSSR count). The van der Waals surface area contributed by atoms with E-state index in [1.807, 2.05) is 0 Å². The fourth-order valence-corrected chi connectivity index (χ4v) is 1.21. The molecule has 1 amide bonds. The van der Waals surface area contributed by atoms with Crippen molar-refractivity contribution in [3.05, 3.63) is 12.2 Å². The molecule has 0 aliphatic heterocycles. The third-order valence-corrected chi connectivity index (χ3v) is 2.53. The van der Waals surface area contributed by atoms with Crippen molar-refractivity contribution in [2.75, 3.05) is 6.54 Å². The van der Waals surface area contributed by atoms with Crippen LogP contribution < -0.4 is 11.1 Å². The second-order valence-corrected chi connectivity index (χ2v) is 3.92. The summed E-state index contributed by atoms with van der Waals surface area (Å²) in [5, 5.41) is 9.24. The van der Waals surface area contributed by atoms with Crippen LogP contribution in [0.2, 0.25) is 0 Å². The lowest BCUT2D eigenvalue weighted by molar-refractivity contribution is -0.122. The molecule has 0 aromatic carbocycles.